The molecule has 6 nitrogen and oxygen atoms in total. The summed E-state index contributed by atoms with van der Waals surface area (Å²) in [5.74, 6) is 1.15. The summed E-state index contributed by atoms with van der Waals surface area (Å²) < 4.78 is 11.6. The van der Waals surface area contributed by atoms with Crippen LogP contribution in [0.4, 0.5) is 5.69 Å². The lowest BCUT2D eigenvalue weighted by molar-refractivity contribution is -0.115. The van der Waals surface area contributed by atoms with Gasteiger partial charge in [0.15, 0.2) is 10.7 Å². The van der Waals surface area contributed by atoms with Crippen LogP contribution >= 0.6 is 47.0 Å². The van der Waals surface area contributed by atoms with Crippen LogP contribution in [-0.4, -0.2) is 16.0 Å². The lowest BCUT2D eigenvalue weighted by Gasteiger charge is -2.11. The summed E-state index contributed by atoms with van der Waals surface area (Å²) in [4.78, 5) is 16.9. The molecule has 0 unspecified atom stereocenters. The second kappa shape index (κ2) is 11.0. The second-order valence-corrected chi connectivity index (χ2v) is 9.96. The molecule has 190 valence electrons. The molecule has 1 amide bonds. The standard InChI is InChI=1S/C28H18Cl3N3O3S/c1-15-2-3-17(27-32-23-14-19(30)13-21(31)26(23)37-27)12-22(15)33-28(38)34-25(35)11-9-20-8-10-24(36-20)16-4-6-18(29)7-5-16/h2-14H,1H3,(H2,33,34,35,38). The zero-order valence-electron chi connectivity index (χ0n) is 19.7. The molecule has 0 fully saturated rings. The number of nitrogens with zero attached hydrogens (tertiary/aromatic N) is 1. The van der Waals surface area contributed by atoms with E-state index in [-0.39, 0.29) is 5.11 Å². The van der Waals surface area contributed by atoms with Crippen LogP contribution in [0.15, 0.2) is 81.6 Å². The normalized spacial score (nSPS) is 11.3. The van der Waals surface area contributed by atoms with Gasteiger partial charge < -0.3 is 14.2 Å². The molecule has 38 heavy (non-hydrogen) atoms. The number of benzene rings is 3. The van der Waals surface area contributed by atoms with Gasteiger partial charge in [0, 0.05) is 32.9 Å². The van der Waals surface area contributed by atoms with E-state index in [0.29, 0.717) is 54.8 Å². The average molecular weight is 583 g/mol. The Morgan fingerprint density at radius 2 is 1.68 bits per heavy atom. The fourth-order valence-corrected chi connectivity index (χ4v) is 4.51. The minimum atomic E-state index is -0.411. The molecule has 0 saturated heterocycles. The van der Waals surface area contributed by atoms with Crippen molar-refractivity contribution in [1.29, 1.82) is 0 Å². The Morgan fingerprint density at radius 3 is 2.47 bits per heavy atom. The summed E-state index contributed by atoms with van der Waals surface area (Å²) in [6, 6.07) is 19.7. The molecule has 0 aliphatic rings. The largest absolute Gasteiger partial charge is 0.457 e. The van der Waals surface area contributed by atoms with E-state index in [1.54, 1.807) is 36.4 Å². The summed E-state index contributed by atoms with van der Waals surface area (Å²) in [5, 5.41) is 7.31. The summed E-state index contributed by atoms with van der Waals surface area (Å²) in [5.41, 5.74) is 4.17. The fourth-order valence-electron chi connectivity index (χ4n) is 3.65. The number of thiocarbonyl (C=S) groups is 1. The van der Waals surface area contributed by atoms with Crippen LogP contribution in [0.2, 0.25) is 15.1 Å². The number of anilines is 1. The smallest absolute Gasteiger partial charge is 0.250 e. The van der Waals surface area contributed by atoms with Crippen LogP contribution in [0.1, 0.15) is 11.3 Å². The fraction of sp³-hybridized carbons (Fsp3) is 0.0357. The van der Waals surface area contributed by atoms with Crippen molar-refractivity contribution in [2.24, 2.45) is 0 Å². The molecule has 0 radical (unpaired) electrons. The van der Waals surface area contributed by atoms with E-state index in [0.717, 1.165) is 11.1 Å². The highest BCUT2D eigenvalue weighted by molar-refractivity contribution is 7.80. The van der Waals surface area contributed by atoms with Crippen LogP contribution in [-0.2, 0) is 4.79 Å². The highest BCUT2D eigenvalue weighted by Gasteiger charge is 2.14. The van der Waals surface area contributed by atoms with Crippen molar-refractivity contribution in [3.8, 4) is 22.8 Å². The lowest BCUT2D eigenvalue weighted by atomic mass is 10.1. The van der Waals surface area contributed by atoms with Gasteiger partial charge in [-0.05, 0) is 91.4 Å². The van der Waals surface area contributed by atoms with Crippen molar-refractivity contribution in [2.75, 3.05) is 5.32 Å². The highest BCUT2D eigenvalue weighted by Crippen LogP contribution is 2.33. The first-order valence-electron chi connectivity index (χ1n) is 11.3. The van der Waals surface area contributed by atoms with E-state index in [4.69, 9.17) is 55.9 Å². The zero-order valence-corrected chi connectivity index (χ0v) is 22.8. The Bertz CT molecular complexity index is 1710. The lowest BCUT2D eigenvalue weighted by Crippen LogP contribution is -2.33. The van der Waals surface area contributed by atoms with Crippen LogP contribution in [0.25, 0.3) is 40.0 Å². The van der Waals surface area contributed by atoms with Crippen molar-refractivity contribution < 1.29 is 13.6 Å². The minimum absolute atomic E-state index is 0.133. The summed E-state index contributed by atoms with van der Waals surface area (Å²) in [6.07, 6.45) is 2.91. The molecule has 0 aliphatic heterocycles. The predicted octanol–water partition coefficient (Wildman–Crippen LogP) is 8.55. The Balaban J connectivity index is 1.24. The molecule has 0 saturated carbocycles. The maximum atomic E-state index is 12.4. The molecule has 3 aromatic carbocycles. The molecular formula is C28H18Cl3N3O3S. The Morgan fingerprint density at radius 1 is 0.921 bits per heavy atom. The van der Waals surface area contributed by atoms with Crippen molar-refractivity contribution in [3.63, 3.8) is 0 Å². The van der Waals surface area contributed by atoms with Crippen molar-refractivity contribution in [1.82, 2.24) is 10.3 Å². The van der Waals surface area contributed by atoms with E-state index in [9.17, 15) is 4.79 Å². The number of carbonyl (C=O) groups excluding carboxylic acids is 1. The topological polar surface area (TPSA) is 80.3 Å². The molecule has 10 heteroatoms. The third kappa shape index (κ3) is 5.92. The third-order valence-electron chi connectivity index (χ3n) is 5.53. The number of furan rings is 1. The van der Waals surface area contributed by atoms with E-state index in [1.807, 2.05) is 43.3 Å². The van der Waals surface area contributed by atoms with Crippen LogP contribution in [0.3, 0.4) is 0 Å². The number of amides is 1. The monoisotopic (exact) mass is 581 g/mol. The van der Waals surface area contributed by atoms with Crippen LogP contribution in [0, 0.1) is 6.92 Å². The number of fused-ring (bicyclic) bond motifs is 1. The molecule has 2 N–H and O–H groups in total. The second-order valence-electron chi connectivity index (χ2n) is 8.27. The number of hydrogen-bond acceptors (Lipinski definition) is 5. The third-order valence-corrected chi connectivity index (χ3v) is 6.49. The van der Waals surface area contributed by atoms with Gasteiger partial charge in [-0.1, -0.05) is 40.9 Å². The maximum absolute atomic E-state index is 12.4. The van der Waals surface area contributed by atoms with Gasteiger partial charge in [-0.25, -0.2) is 4.98 Å². The quantitative estimate of drug-likeness (QED) is 0.160. The number of oxazole rings is 1. The molecule has 2 aromatic heterocycles. The zero-order chi connectivity index (χ0) is 26.8. The minimum Gasteiger partial charge on any atom is -0.457 e. The number of aryl methyl sites for hydroxylation is 1. The van der Waals surface area contributed by atoms with Crippen molar-refractivity contribution in [2.45, 2.75) is 6.92 Å². The van der Waals surface area contributed by atoms with Crippen LogP contribution < -0.4 is 10.6 Å². The first-order chi connectivity index (χ1) is 18.2. The van der Waals surface area contributed by atoms with Gasteiger partial charge >= 0.3 is 0 Å². The Labute approximate surface area is 238 Å². The Kier molecular flexibility index (Phi) is 7.53. The number of aromatic nitrogens is 1. The average Bonchev–Trinajstić information content (AvgIpc) is 3.52. The van der Waals surface area contributed by atoms with Gasteiger partial charge in [-0.3, -0.25) is 10.1 Å². The molecule has 0 aliphatic carbocycles. The van der Waals surface area contributed by atoms with Crippen molar-refractivity contribution >= 4 is 80.9 Å². The van der Waals surface area contributed by atoms with E-state index < -0.39 is 5.91 Å². The van der Waals surface area contributed by atoms with Crippen LogP contribution in [0.5, 0.6) is 0 Å². The number of hydrogen-bond donors (Lipinski definition) is 2. The van der Waals surface area contributed by atoms with Gasteiger partial charge in [0.2, 0.25) is 11.8 Å². The van der Waals surface area contributed by atoms with Gasteiger partial charge in [-0.15, -0.1) is 0 Å². The molecule has 5 aromatic rings. The summed E-state index contributed by atoms with van der Waals surface area (Å²) in [7, 11) is 0. The SMILES string of the molecule is Cc1ccc(-c2nc3cc(Cl)cc(Cl)c3o2)cc1NC(=S)NC(=O)C=Cc1ccc(-c2ccc(Cl)cc2)o1. The first-order valence-corrected chi connectivity index (χ1v) is 12.8. The van der Waals surface area contributed by atoms with E-state index >= 15 is 0 Å². The number of nitrogens with one attached hydrogen (secondary N) is 2. The molecule has 0 atom stereocenters. The molecule has 2 heterocycles. The Hall–Kier alpha value is -3.62. The first kappa shape index (κ1) is 26.0. The molecule has 5 rings (SSSR count). The van der Waals surface area contributed by atoms with Gasteiger partial charge in [0.05, 0.1) is 5.02 Å². The number of carbonyl (C=O) groups is 1. The molecular weight excluding hydrogens is 565 g/mol. The van der Waals surface area contributed by atoms with E-state index in [1.165, 1.54) is 6.08 Å². The van der Waals surface area contributed by atoms with Gasteiger partial charge in [0.1, 0.15) is 17.0 Å². The maximum Gasteiger partial charge on any atom is 0.250 e. The summed E-state index contributed by atoms with van der Waals surface area (Å²) >= 11 is 23.6. The highest BCUT2D eigenvalue weighted by atomic mass is 35.5. The number of halogens is 3. The van der Waals surface area contributed by atoms with Gasteiger partial charge in [-0.2, -0.15) is 0 Å². The number of rotatable bonds is 5. The molecule has 0 bridgehead atoms. The van der Waals surface area contributed by atoms with Crippen molar-refractivity contribution in [3.05, 3.63) is 99.2 Å². The summed E-state index contributed by atoms with van der Waals surface area (Å²) in [6.45, 7) is 1.91. The molecule has 0 spiro atoms. The predicted molar refractivity (Wildman–Crippen MR) is 157 cm³/mol. The van der Waals surface area contributed by atoms with E-state index in [2.05, 4.69) is 15.6 Å². The van der Waals surface area contributed by atoms with Gasteiger partial charge in [0.25, 0.3) is 0 Å².